The average Bonchev–Trinajstić information content (AvgIpc) is 2.33. The van der Waals surface area contributed by atoms with Gasteiger partial charge in [-0.25, -0.2) is 0 Å². The molecule has 0 spiro atoms. The molecule has 3 heteroatoms. The van der Waals surface area contributed by atoms with E-state index in [4.69, 9.17) is 4.74 Å². The maximum Gasteiger partial charge on any atom is 0.122 e. The van der Waals surface area contributed by atoms with Crippen LogP contribution in [0.4, 0.5) is 0 Å². The van der Waals surface area contributed by atoms with Crippen molar-refractivity contribution in [2.24, 2.45) is 0 Å². The van der Waals surface area contributed by atoms with Crippen molar-refractivity contribution < 1.29 is 4.74 Å². The van der Waals surface area contributed by atoms with Crippen LogP contribution in [0.5, 0.6) is 5.75 Å². The molecule has 1 atom stereocenters. The number of ether oxygens (including phenoxy) is 1. The summed E-state index contributed by atoms with van der Waals surface area (Å²) in [5.41, 5.74) is 1.22. The standard InChI is InChI=1S/C14H21NOS/c1-12-6-4-5-7-14(12)16-13-8-10-15(11-9-13)17(2)3/h4-7,13H,2,8-11H2,1,3H3. The molecule has 1 saturated heterocycles. The van der Waals surface area contributed by atoms with Gasteiger partial charge in [0.05, 0.1) is 0 Å². The van der Waals surface area contributed by atoms with Crippen molar-refractivity contribution in [2.75, 3.05) is 19.3 Å². The highest BCUT2D eigenvalue weighted by atomic mass is 32.2. The summed E-state index contributed by atoms with van der Waals surface area (Å²) in [5, 5.41) is 0. The van der Waals surface area contributed by atoms with Gasteiger partial charge in [0.25, 0.3) is 0 Å². The van der Waals surface area contributed by atoms with Crippen LogP contribution in [-0.4, -0.2) is 35.6 Å². The Bertz CT molecular complexity index is 397. The molecule has 0 aliphatic carbocycles. The summed E-state index contributed by atoms with van der Waals surface area (Å²) >= 11 is 0. The van der Waals surface area contributed by atoms with E-state index in [9.17, 15) is 0 Å². The van der Waals surface area contributed by atoms with Crippen LogP contribution < -0.4 is 4.74 Å². The van der Waals surface area contributed by atoms with Gasteiger partial charge in [-0.15, -0.1) is 10.7 Å². The number of nitrogens with zero attached hydrogens (tertiary/aromatic N) is 1. The van der Waals surface area contributed by atoms with Crippen LogP contribution in [0.25, 0.3) is 0 Å². The van der Waals surface area contributed by atoms with E-state index in [1.165, 1.54) is 5.56 Å². The Morgan fingerprint density at radius 1 is 1.29 bits per heavy atom. The summed E-state index contributed by atoms with van der Waals surface area (Å²) in [6.07, 6.45) is 4.78. The first-order valence-corrected chi connectivity index (χ1v) is 7.85. The molecule has 2 rings (SSSR count). The van der Waals surface area contributed by atoms with Crippen LogP contribution >= 0.6 is 10.7 Å². The second-order valence-corrected chi connectivity index (χ2v) is 6.33. The van der Waals surface area contributed by atoms with Crippen molar-refractivity contribution in [3.05, 3.63) is 29.8 Å². The highest BCUT2D eigenvalue weighted by Crippen LogP contribution is 2.25. The summed E-state index contributed by atoms with van der Waals surface area (Å²) in [4.78, 5) is 0. The molecule has 1 fully saturated rings. The van der Waals surface area contributed by atoms with Gasteiger partial charge in [-0.05, 0) is 37.7 Å². The maximum absolute atomic E-state index is 6.07. The fraction of sp³-hybridized carbons (Fsp3) is 0.500. The molecule has 1 aromatic carbocycles. The van der Waals surface area contributed by atoms with Gasteiger partial charge in [-0.2, -0.15) is 0 Å². The summed E-state index contributed by atoms with van der Waals surface area (Å²) < 4.78 is 8.51. The van der Waals surface area contributed by atoms with Crippen LogP contribution in [-0.2, 0) is 0 Å². The first-order chi connectivity index (χ1) is 8.16. The van der Waals surface area contributed by atoms with Crippen molar-refractivity contribution in [1.29, 1.82) is 0 Å². The van der Waals surface area contributed by atoms with E-state index >= 15 is 0 Å². The van der Waals surface area contributed by atoms with Crippen molar-refractivity contribution >= 4 is 16.5 Å². The summed E-state index contributed by atoms with van der Waals surface area (Å²) in [5.74, 6) is 5.14. The van der Waals surface area contributed by atoms with E-state index in [0.717, 1.165) is 31.7 Å². The van der Waals surface area contributed by atoms with Gasteiger partial charge in [0, 0.05) is 13.1 Å². The van der Waals surface area contributed by atoms with E-state index in [0.29, 0.717) is 6.10 Å². The van der Waals surface area contributed by atoms with E-state index in [-0.39, 0.29) is 10.7 Å². The largest absolute Gasteiger partial charge is 0.490 e. The van der Waals surface area contributed by atoms with Crippen molar-refractivity contribution in [3.8, 4) is 5.75 Å². The predicted octanol–water partition coefficient (Wildman–Crippen LogP) is 3.08. The first kappa shape index (κ1) is 12.7. The zero-order valence-corrected chi connectivity index (χ0v) is 11.5. The molecule has 1 aliphatic rings. The SMILES string of the molecule is C=S(C)N1CCC(Oc2ccccc2C)CC1. The Hall–Kier alpha value is -0.800. The third-order valence-electron chi connectivity index (χ3n) is 3.23. The highest BCUT2D eigenvalue weighted by molar-refractivity contribution is 8.11. The van der Waals surface area contributed by atoms with Crippen LogP contribution in [0.15, 0.2) is 24.3 Å². The minimum atomic E-state index is 0.160. The van der Waals surface area contributed by atoms with Gasteiger partial charge in [-0.1, -0.05) is 24.1 Å². The Labute approximate surface area is 107 Å². The first-order valence-electron chi connectivity index (χ1n) is 6.10. The van der Waals surface area contributed by atoms with Crippen molar-refractivity contribution in [2.45, 2.75) is 25.9 Å². The highest BCUT2D eigenvalue weighted by Gasteiger charge is 2.20. The predicted molar refractivity (Wildman–Crippen MR) is 77.0 cm³/mol. The van der Waals surface area contributed by atoms with Crippen LogP contribution in [0.1, 0.15) is 18.4 Å². The molecule has 0 bridgehead atoms. The number of benzene rings is 1. The van der Waals surface area contributed by atoms with Gasteiger partial charge in [0.1, 0.15) is 11.9 Å². The lowest BCUT2D eigenvalue weighted by atomic mass is 10.1. The quantitative estimate of drug-likeness (QED) is 0.766. The minimum absolute atomic E-state index is 0.160. The molecule has 1 aromatic rings. The second kappa shape index (κ2) is 5.69. The van der Waals surface area contributed by atoms with E-state index in [2.05, 4.69) is 41.6 Å². The van der Waals surface area contributed by atoms with Gasteiger partial charge in [0.15, 0.2) is 0 Å². The third kappa shape index (κ3) is 3.33. The molecular formula is C14H21NOS. The number of rotatable bonds is 3. The molecule has 1 aliphatic heterocycles. The Kier molecular flexibility index (Phi) is 4.24. The number of hydrogen-bond acceptors (Lipinski definition) is 2. The number of aryl methyl sites for hydroxylation is 1. The fourth-order valence-corrected chi connectivity index (χ4v) is 2.96. The minimum Gasteiger partial charge on any atom is -0.490 e. The normalized spacial score (nSPS) is 20.1. The Morgan fingerprint density at radius 3 is 2.53 bits per heavy atom. The summed E-state index contributed by atoms with van der Waals surface area (Å²) in [6.45, 7) is 4.32. The zero-order valence-electron chi connectivity index (χ0n) is 10.7. The molecule has 94 valence electrons. The third-order valence-corrected chi connectivity index (χ3v) is 4.48. The van der Waals surface area contributed by atoms with Crippen LogP contribution in [0.2, 0.25) is 0 Å². The smallest absolute Gasteiger partial charge is 0.122 e. The van der Waals surface area contributed by atoms with E-state index in [1.807, 2.05) is 6.07 Å². The van der Waals surface area contributed by atoms with Crippen LogP contribution in [0.3, 0.4) is 0 Å². The van der Waals surface area contributed by atoms with Gasteiger partial charge >= 0.3 is 0 Å². The van der Waals surface area contributed by atoms with Gasteiger partial charge in [-0.3, -0.25) is 4.31 Å². The van der Waals surface area contributed by atoms with Crippen LogP contribution in [0, 0.1) is 6.92 Å². The fourth-order valence-electron chi connectivity index (χ4n) is 2.13. The zero-order chi connectivity index (χ0) is 12.3. The average molecular weight is 251 g/mol. The Balaban J connectivity index is 1.90. The number of hydrogen-bond donors (Lipinski definition) is 0. The number of piperidine rings is 1. The van der Waals surface area contributed by atoms with Crippen molar-refractivity contribution in [1.82, 2.24) is 4.31 Å². The molecule has 0 amide bonds. The molecule has 0 saturated carbocycles. The molecule has 1 heterocycles. The number of para-hydroxylation sites is 1. The molecule has 17 heavy (non-hydrogen) atoms. The van der Waals surface area contributed by atoms with Gasteiger partial charge < -0.3 is 4.74 Å². The lowest BCUT2D eigenvalue weighted by molar-refractivity contribution is 0.138. The maximum atomic E-state index is 6.07. The molecule has 0 radical (unpaired) electrons. The lowest BCUT2D eigenvalue weighted by Gasteiger charge is -2.32. The molecular weight excluding hydrogens is 230 g/mol. The Morgan fingerprint density at radius 2 is 1.94 bits per heavy atom. The topological polar surface area (TPSA) is 12.5 Å². The molecule has 0 N–H and O–H groups in total. The monoisotopic (exact) mass is 251 g/mol. The summed E-state index contributed by atoms with van der Waals surface area (Å²) in [6, 6.07) is 8.25. The van der Waals surface area contributed by atoms with Crippen molar-refractivity contribution in [3.63, 3.8) is 0 Å². The van der Waals surface area contributed by atoms with E-state index < -0.39 is 0 Å². The molecule has 1 unspecified atom stereocenters. The molecule has 0 aromatic heterocycles. The molecule has 2 nitrogen and oxygen atoms in total. The van der Waals surface area contributed by atoms with E-state index in [1.54, 1.807) is 0 Å². The second-order valence-electron chi connectivity index (χ2n) is 4.61. The van der Waals surface area contributed by atoms with Gasteiger partial charge in [0.2, 0.25) is 0 Å². The summed E-state index contributed by atoms with van der Waals surface area (Å²) in [7, 11) is 0.160. The lowest BCUT2D eigenvalue weighted by Crippen LogP contribution is -2.35.